The van der Waals surface area contributed by atoms with Crippen LogP contribution >= 0.6 is 7.82 Å². The van der Waals surface area contributed by atoms with E-state index >= 15 is 0 Å². The molecule has 0 radical (unpaired) electrons. The number of benzene rings is 2. The van der Waals surface area contributed by atoms with E-state index in [1.807, 2.05) is 0 Å². The summed E-state index contributed by atoms with van der Waals surface area (Å²) in [6.07, 6.45) is 0. The number of hydrogen-bond donors (Lipinski definition) is 3. The summed E-state index contributed by atoms with van der Waals surface area (Å²) in [6, 6.07) is 16.7. The molecule has 0 saturated heterocycles. The molecule has 0 spiro atoms. The number of nitrogens with two attached hydrogens (primary N) is 2. The zero-order chi connectivity index (χ0) is 15.6. The SMILES string of the molecule is NCCN.O=P(O)(Oc1ccccc1)Oc1ccccc1. The molecule has 0 atom stereocenters. The Morgan fingerprint density at radius 1 is 0.810 bits per heavy atom. The Morgan fingerprint density at radius 3 is 1.43 bits per heavy atom. The standard InChI is InChI=1S/C12H11O4P.C2H8N2/c13-17(14,15-11-7-3-1-4-8-11)16-12-9-5-2-6-10-12;3-1-2-4/h1-10H,(H,13,14);1-4H2. The molecule has 0 heterocycles. The number of phosphoric acid groups is 1. The Morgan fingerprint density at radius 2 is 1.14 bits per heavy atom. The molecule has 0 aliphatic rings. The van der Waals surface area contributed by atoms with Gasteiger partial charge in [0.25, 0.3) is 0 Å². The van der Waals surface area contributed by atoms with Gasteiger partial charge >= 0.3 is 7.82 Å². The average molecular weight is 310 g/mol. The van der Waals surface area contributed by atoms with E-state index in [1.165, 1.54) is 0 Å². The second-order valence-electron chi connectivity index (χ2n) is 3.85. The Hall–Kier alpha value is -1.85. The first-order valence-corrected chi connectivity index (χ1v) is 7.79. The van der Waals surface area contributed by atoms with Crippen LogP contribution in [-0.4, -0.2) is 18.0 Å². The molecule has 0 aliphatic heterocycles. The van der Waals surface area contributed by atoms with Crippen LogP contribution in [0.15, 0.2) is 60.7 Å². The van der Waals surface area contributed by atoms with Crippen molar-refractivity contribution in [1.29, 1.82) is 0 Å². The molecular formula is C14H19N2O4P. The zero-order valence-corrected chi connectivity index (χ0v) is 12.4. The summed E-state index contributed by atoms with van der Waals surface area (Å²) in [7, 11) is -4.14. The number of rotatable bonds is 5. The third-order valence-electron chi connectivity index (χ3n) is 2.09. The molecule has 0 aromatic heterocycles. The molecule has 21 heavy (non-hydrogen) atoms. The molecule has 114 valence electrons. The lowest BCUT2D eigenvalue weighted by atomic mass is 10.3. The summed E-state index contributed by atoms with van der Waals surface area (Å²) in [5.74, 6) is 0.573. The number of hydrogen-bond acceptors (Lipinski definition) is 5. The van der Waals surface area contributed by atoms with Gasteiger partial charge in [0.15, 0.2) is 0 Å². The van der Waals surface area contributed by atoms with Crippen LogP contribution in [0.5, 0.6) is 11.5 Å². The fourth-order valence-electron chi connectivity index (χ4n) is 1.25. The van der Waals surface area contributed by atoms with Crippen molar-refractivity contribution in [3.05, 3.63) is 60.7 Å². The molecule has 0 aliphatic carbocycles. The van der Waals surface area contributed by atoms with Crippen molar-refractivity contribution in [2.75, 3.05) is 13.1 Å². The van der Waals surface area contributed by atoms with Gasteiger partial charge in [-0.2, -0.15) is 0 Å². The zero-order valence-electron chi connectivity index (χ0n) is 11.5. The van der Waals surface area contributed by atoms with Gasteiger partial charge in [0.1, 0.15) is 11.5 Å². The normalized spacial score (nSPS) is 10.2. The summed E-state index contributed by atoms with van der Waals surface area (Å²) >= 11 is 0. The summed E-state index contributed by atoms with van der Waals surface area (Å²) < 4.78 is 21.5. The van der Waals surface area contributed by atoms with Crippen molar-refractivity contribution in [2.45, 2.75) is 0 Å². The first-order valence-electron chi connectivity index (χ1n) is 6.29. The highest BCUT2D eigenvalue weighted by molar-refractivity contribution is 7.48. The lowest BCUT2D eigenvalue weighted by molar-refractivity contribution is 0.291. The lowest BCUT2D eigenvalue weighted by Crippen LogP contribution is -2.11. The molecule has 5 N–H and O–H groups in total. The molecule has 2 rings (SSSR count). The molecule has 0 bridgehead atoms. The van der Waals surface area contributed by atoms with Crippen molar-refractivity contribution in [1.82, 2.24) is 0 Å². The molecule has 0 saturated carbocycles. The minimum atomic E-state index is -4.14. The first-order chi connectivity index (χ1) is 10.1. The van der Waals surface area contributed by atoms with Crippen LogP contribution in [0.1, 0.15) is 0 Å². The lowest BCUT2D eigenvalue weighted by Gasteiger charge is -2.13. The maximum atomic E-state index is 11.7. The van der Waals surface area contributed by atoms with Gasteiger partial charge in [0.05, 0.1) is 0 Å². The number of phosphoric ester groups is 1. The molecule has 6 nitrogen and oxygen atoms in total. The Kier molecular flexibility index (Phi) is 7.50. The van der Waals surface area contributed by atoms with Crippen LogP contribution in [-0.2, 0) is 4.57 Å². The summed E-state index contributed by atoms with van der Waals surface area (Å²) in [5, 5.41) is 0. The van der Waals surface area contributed by atoms with E-state index in [4.69, 9.17) is 20.5 Å². The van der Waals surface area contributed by atoms with Crippen molar-refractivity contribution in [3.8, 4) is 11.5 Å². The highest BCUT2D eigenvalue weighted by Gasteiger charge is 2.24. The molecule has 0 fully saturated rings. The van der Waals surface area contributed by atoms with Crippen LogP contribution in [0.3, 0.4) is 0 Å². The quantitative estimate of drug-likeness (QED) is 0.730. The summed E-state index contributed by atoms with van der Waals surface area (Å²) in [4.78, 5) is 9.53. The maximum Gasteiger partial charge on any atom is 0.584 e. The van der Waals surface area contributed by atoms with Crippen LogP contribution in [0.2, 0.25) is 0 Å². The van der Waals surface area contributed by atoms with Gasteiger partial charge in [0.2, 0.25) is 0 Å². The van der Waals surface area contributed by atoms with Crippen molar-refractivity contribution in [2.24, 2.45) is 11.5 Å². The van der Waals surface area contributed by atoms with Crippen molar-refractivity contribution in [3.63, 3.8) is 0 Å². The molecule has 2 aromatic carbocycles. The molecule has 7 heteroatoms. The topological polar surface area (TPSA) is 108 Å². The first kappa shape index (κ1) is 17.2. The molecule has 0 amide bonds. The minimum absolute atomic E-state index is 0.286. The van der Waals surface area contributed by atoms with Crippen molar-refractivity contribution >= 4 is 7.82 Å². The highest BCUT2D eigenvalue weighted by atomic mass is 31.2. The van der Waals surface area contributed by atoms with Crippen LogP contribution in [0.25, 0.3) is 0 Å². The maximum absolute atomic E-state index is 11.7. The van der Waals surface area contributed by atoms with Gasteiger partial charge in [0, 0.05) is 13.1 Å². The van der Waals surface area contributed by atoms with E-state index in [1.54, 1.807) is 60.7 Å². The van der Waals surface area contributed by atoms with Gasteiger partial charge in [-0.05, 0) is 24.3 Å². The van der Waals surface area contributed by atoms with E-state index < -0.39 is 7.82 Å². The monoisotopic (exact) mass is 310 g/mol. The average Bonchev–Trinajstić information content (AvgIpc) is 2.48. The Bertz CT molecular complexity index is 504. The van der Waals surface area contributed by atoms with E-state index in [9.17, 15) is 9.46 Å². The summed E-state index contributed by atoms with van der Waals surface area (Å²) in [5.41, 5.74) is 9.81. The predicted octanol–water partition coefficient (Wildman–Crippen LogP) is 2.15. The van der Waals surface area contributed by atoms with Gasteiger partial charge in [-0.1, -0.05) is 36.4 Å². The molecule has 2 aromatic rings. The van der Waals surface area contributed by atoms with Crippen LogP contribution in [0, 0.1) is 0 Å². The van der Waals surface area contributed by atoms with Crippen LogP contribution in [0.4, 0.5) is 0 Å². The van der Waals surface area contributed by atoms with Gasteiger partial charge in [-0.15, -0.1) is 0 Å². The fourth-order valence-corrected chi connectivity index (χ4v) is 2.06. The second kappa shape index (κ2) is 9.15. The summed E-state index contributed by atoms with van der Waals surface area (Å²) in [6.45, 7) is 1.19. The Balaban J connectivity index is 0.000000491. The third kappa shape index (κ3) is 7.48. The molecular weight excluding hydrogens is 291 g/mol. The smallest absolute Gasteiger partial charge is 0.395 e. The van der Waals surface area contributed by atoms with Gasteiger partial charge in [-0.25, -0.2) is 4.57 Å². The number of para-hydroxylation sites is 2. The van der Waals surface area contributed by atoms with E-state index in [2.05, 4.69) is 0 Å². The predicted molar refractivity (Wildman–Crippen MR) is 82.1 cm³/mol. The van der Waals surface area contributed by atoms with Crippen LogP contribution < -0.4 is 20.5 Å². The van der Waals surface area contributed by atoms with E-state index in [-0.39, 0.29) is 11.5 Å². The highest BCUT2D eigenvalue weighted by Crippen LogP contribution is 2.43. The largest absolute Gasteiger partial charge is 0.584 e. The second-order valence-corrected chi connectivity index (χ2v) is 5.16. The van der Waals surface area contributed by atoms with Crippen molar-refractivity contribution < 1.29 is 18.5 Å². The Labute approximate surface area is 123 Å². The fraction of sp³-hybridized carbons (Fsp3) is 0.143. The molecule has 0 unspecified atom stereocenters. The van der Waals surface area contributed by atoms with E-state index in [0.717, 1.165) is 0 Å². The third-order valence-corrected chi connectivity index (χ3v) is 2.98. The van der Waals surface area contributed by atoms with E-state index in [0.29, 0.717) is 13.1 Å². The van der Waals surface area contributed by atoms with Gasteiger partial charge in [-0.3, -0.25) is 4.89 Å². The minimum Gasteiger partial charge on any atom is -0.395 e. The van der Waals surface area contributed by atoms with Gasteiger partial charge < -0.3 is 20.5 Å².